The number of nitrogens with one attached hydrogen (secondary N) is 1. The van der Waals surface area contributed by atoms with Crippen LogP contribution >= 0.6 is 0 Å². The normalized spacial score (nSPS) is 10.3. The third kappa shape index (κ3) is 4.41. The Balaban J connectivity index is 2.01. The Morgan fingerprint density at radius 3 is 2.33 bits per heavy atom. The molecule has 0 aromatic heterocycles. The molecule has 0 radical (unpaired) electrons. The highest BCUT2D eigenvalue weighted by molar-refractivity contribution is 6.39. The number of carbonyl (C=O) groups is 2. The van der Waals surface area contributed by atoms with Crippen LogP contribution in [0.15, 0.2) is 42.5 Å². The Bertz CT molecular complexity index is 742. The average Bonchev–Trinajstić information content (AvgIpc) is 2.58. The summed E-state index contributed by atoms with van der Waals surface area (Å²) in [7, 11) is 1.56. The third-order valence-corrected chi connectivity index (χ3v) is 3.84. The Morgan fingerprint density at radius 2 is 1.71 bits per heavy atom. The lowest BCUT2D eigenvalue weighted by molar-refractivity contribution is -0.142. The molecular formula is C19H21FN2O2. The number of hydrogen-bond acceptors (Lipinski definition) is 2. The predicted octanol–water partition coefficient (Wildman–Crippen LogP) is 3.29. The third-order valence-electron chi connectivity index (χ3n) is 3.84. The van der Waals surface area contributed by atoms with Gasteiger partial charge >= 0.3 is 11.8 Å². The van der Waals surface area contributed by atoms with Gasteiger partial charge < -0.3 is 10.2 Å². The van der Waals surface area contributed by atoms with Crippen LogP contribution in [0.25, 0.3) is 0 Å². The summed E-state index contributed by atoms with van der Waals surface area (Å²) in [5, 5.41) is 2.47. The van der Waals surface area contributed by atoms with Crippen molar-refractivity contribution in [2.75, 3.05) is 12.4 Å². The van der Waals surface area contributed by atoms with Crippen LogP contribution in [0.4, 0.5) is 10.1 Å². The summed E-state index contributed by atoms with van der Waals surface area (Å²) in [6.45, 7) is 4.14. The van der Waals surface area contributed by atoms with Gasteiger partial charge in [0.1, 0.15) is 5.82 Å². The van der Waals surface area contributed by atoms with Gasteiger partial charge in [0.2, 0.25) is 0 Å². The van der Waals surface area contributed by atoms with E-state index < -0.39 is 17.6 Å². The van der Waals surface area contributed by atoms with Gasteiger partial charge in [-0.05, 0) is 42.2 Å². The molecule has 2 rings (SSSR count). The van der Waals surface area contributed by atoms with E-state index in [1.165, 1.54) is 22.6 Å². The number of likely N-dealkylation sites (N-methyl/N-ethyl adjacent to an activating group) is 1. The second kappa shape index (κ2) is 7.73. The Labute approximate surface area is 141 Å². The van der Waals surface area contributed by atoms with Crippen molar-refractivity contribution in [1.29, 1.82) is 0 Å². The number of halogens is 1. The molecule has 0 bridgehead atoms. The van der Waals surface area contributed by atoms with Gasteiger partial charge in [0.25, 0.3) is 0 Å². The summed E-state index contributed by atoms with van der Waals surface area (Å²) >= 11 is 0. The second-order valence-corrected chi connectivity index (χ2v) is 5.74. The first-order valence-corrected chi connectivity index (χ1v) is 7.81. The van der Waals surface area contributed by atoms with Crippen molar-refractivity contribution in [2.45, 2.75) is 26.8 Å². The molecule has 24 heavy (non-hydrogen) atoms. The molecule has 0 aliphatic rings. The van der Waals surface area contributed by atoms with Gasteiger partial charge in [-0.1, -0.05) is 37.3 Å². The Morgan fingerprint density at radius 1 is 1.08 bits per heavy atom. The first kappa shape index (κ1) is 17.7. The molecular weight excluding hydrogens is 307 g/mol. The standard InChI is InChI=1S/C19H21FN2O2/c1-4-14-6-8-15(9-7-14)12-22(3)19(24)18(23)21-17-11-16(20)10-5-13(17)2/h5-11H,4,12H2,1-3H3,(H,21,23). The number of aryl methyl sites for hydroxylation is 2. The number of benzene rings is 2. The topological polar surface area (TPSA) is 49.4 Å². The maximum atomic E-state index is 13.3. The lowest BCUT2D eigenvalue weighted by atomic mass is 10.1. The molecule has 4 nitrogen and oxygen atoms in total. The average molecular weight is 328 g/mol. The largest absolute Gasteiger partial charge is 0.333 e. The summed E-state index contributed by atoms with van der Waals surface area (Å²) in [6.07, 6.45) is 0.949. The number of carbonyl (C=O) groups excluding carboxylic acids is 2. The van der Waals surface area contributed by atoms with E-state index in [1.54, 1.807) is 20.0 Å². The van der Waals surface area contributed by atoms with Crippen molar-refractivity contribution in [3.63, 3.8) is 0 Å². The molecule has 5 heteroatoms. The molecule has 2 aromatic rings. The fourth-order valence-electron chi connectivity index (χ4n) is 2.30. The van der Waals surface area contributed by atoms with Gasteiger partial charge in [0.05, 0.1) is 0 Å². The molecule has 0 saturated heterocycles. The van der Waals surface area contributed by atoms with Crippen molar-refractivity contribution in [3.8, 4) is 0 Å². The first-order valence-electron chi connectivity index (χ1n) is 7.81. The van der Waals surface area contributed by atoms with Crippen molar-refractivity contribution in [3.05, 3.63) is 65.0 Å². The highest BCUT2D eigenvalue weighted by Crippen LogP contribution is 2.16. The highest BCUT2D eigenvalue weighted by atomic mass is 19.1. The quantitative estimate of drug-likeness (QED) is 0.876. The minimum absolute atomic E-state index is 0.300. The minimum Gasteiger partial charge on any atom is -0.333 e. The fourth-order valence-corrected chi connectivity index (χ4v) is 2.30. The van der Waals surface area contributed by atoms with E-state index in [1.807, 2.05) is 24.3 Å². The van der Waals surface area contributed by atoms with E-state index >= 15 is 0 Å². The zero-order chi connectivity index (χ0) is 17.7. The van der Waals surface area contributed by atoms with E-state index in [2.05, 4.69) is 12.2 Å². The van der Waals surface area contributed by atoms with Gasteiger partial charge in [-0.25, -0.2) is 4.39 Å². The number of nitrogens with zero attached hydrogens (tertiary/aromatic N) is 1. The summed E-state index contributed by atoms with van der Waals surface area (Å²) in [5.41, 5.74) is 3.15. The summed E-state index contributed by atoms with van der Waals surface area (Å²) < 4.78 is 13.3. The lowest BCUT2D eigenvalue weighted by Gasteiger charge is -2.17. The SMILES string of the molecule is CCc1ccc(CN(C)C(=O)C(=O)Nc2cc(F)ccc2C)cc1. The highest BCUT2D eigenvalue weighted by Gasteiger charge is 2.19. The maximum absolute atomic E-state index is 13.3. The minimum atomic E-state index is -0.781. The zero-order valence-electron chi connectivity index (χ0n) is 14.1. The smallest absolute Gasteiger partial charge is 0.313 e. The zero-order valence-corrected chi connectivity index (χ0v) is 14.1. The summed E-state index contributed by atoms with van der Waals surface area (Å²) in [6, 6.07) is 11.9. The molecule has 2 amide bonds. The maximum Gasteiger partial charge on any atom is 0.313 e. The summed E-state index contributed by atoms with van der Waals surface area (Å²) in [5.74, 6) is -1.91. The Kier molecular flexibility index (Phi) is 5.68. The van der Waals surface area contributed by atoms with Crippen LogP contribution in [0, 0.1) is 12.7 Å². The number of hydrogen-bond donors (Lipinski definition) is 1. The van der Waals surface area contributed by atoms with Crippen LogP contribution in [0.5, 0.6) is 0 Å². The molecule has 0 heterocycles. The van der Waals surface area contributed by atoms with E-state index in [0.29, 0.717) is 17.8 Å². The van der Waals surface area contributed by atoms with Crippen molar-refractivity contribution in [2.24, 2.45) is 0 Å². The molecule has 2 aromatic carbocycles. The van der Waals surface area contributed by atoms with Crippen LogP contribution in [0.3, 0.4) is 0 Å². The number of amides is 2. The molecule has 126 valence electrons. The molecule has 0 aliphatic heterocycles. The van der Waals surface area contributed by atoms with Crippen LogP contribution in [0.2, 0.25) is 0 Å². The van der Waals surface area contributed by atoms with E-state index in [0.717, 1.165) is 12.0 Å². The molecule has 0 fully saturated rings. The number of anilines is 1. The van der Waals surface area contributed by atoms with Crippen LogP contribution in [-0.4, -0.2) is 23.8 Å². The van der Waals surface area contributed by atoms with Gasteiger partial charge in [-0.3, -0.25) is 9.59 Å². The van der Waals surface area contributed by atoms with Gasteiger partial charge in [0.15, 0.2) is 0 Å². The van der Waals surface area contributed by atoms with Gasteiger partial charge in [0, 0.05) is 19.3 Å². The van der Waals surface area contributed by atoms with Crippen molar-refractivity contribution < 1.29 is 14.0 Å². The van der Waals surface area contributed by atoms with Crippen LogP contribution in [0.1, 0.15) is 23.6 Å². The van der Waals surface area contributed by atoms with E-state index in [9.17, 15) is 14.0 Å². The molecule has 0 unspecified atom stereocenters. The van der Waals surface area contributed by atoms with E-state index in [4.69, 9.17) is 0 Å². The van der Waals surface area contributed by atoms with Crippen molar-refractivity contribution in [1.82, 2.24) is 4.90 Å². The molecule has 0 saturated carbocycles. The second-order valence-electron chi connectivity index (χ2n) is 5.74. The van der Waals surface area contributed by atoms with Gasteiger partial charge in [-0.15, -0.1) is 0 Å². The fraction of sp³-hybridized carbons (Fsp3) is 0.263. The van der Waals surface area contributed by atoms with Crippen LogP contribution < -0.4 is 5.32 Å². The monoisotopic (exact) mass is 328 g/mol. The lowest BCUT2D eigenvalue weighted by Crippen LogP contribution is -2.36. The molecule has 0 aliphatic carbocycles. The Hall–Kier alpha value is -2.69. The van der Waals surface area contributed by atoms with Crippen LogP contribution in [-0.2, 0) is 22.6 Å². The first-order chi connectivity index (χ1) is 11.4. The molecule has 0 spiro atoms. The predicted molar refractivity (Wildman–Crippen MR) is 92.1 cm³/mol. The molecule has 0 atom stereocenters. The van der Waals surface area contributed by atoms with Crippen molar-refractivity contribution >= 4 is 17.5 Å². The number of rotatable bonds is 4. The molecule has 1 N–H and O–H groups in total. The van der Waals surface area contributed by atoms with Gasteiger partial charge in [-0.2, -0.15) is 0 Å². The van der Waals surface area contributed by atoms with E-state index in [-0.39, 0.29) is 0 Å². The summed E-state index contributed by atoms with van der Waals surface area (Å²) in [4.78, 5) is 25.6.